The van der Waals surface area contributed by atoms with Gasteiger partial charge in [-0.25, -0.2) is 4.90 Å². The Hall–Kier alpha value is -5.67. The highest BCUT2D eigenvalue weighted by atomic mass is 16.3. The number of carbonyl (C=O) groups excluding carboxylic acids is 2. The van der Waals surface area contributed by atoms with E-state index in [1.807, 2.05) is 48.5 Å². The predicted molar refractivity (Wildman–Crippen MR) is 150 cm³/mol. The lowest BCUT2D eigenvalue weighted by atomic mass is 10.1. The third-order valence-corrected chi connectivity index (χ3v) is 7.56. The Kier molecular flexibility index (Phi) is 4.21. The number of hydrogen-bond acceptors (Lipinski definition) is 4. The van der Waals surface area contributed by atoms with Crippen LogP contribution in [0.2, 0.25) is 0 Å². The molecular formula is C33H17N3O3. The van der Waals surface area contributed by atoms with Crippen molar-refractivity contribution in [3.05, 3.63) is 120 Å². The van der Waals surface area contributed by atoms with E-state index in [1.54, 1.807) is 42.5 Å². The molecule has 0 radical (unpaired) electrons. The summed E-state index contributed by atoms with van der Waals surface area (Å²) in [5, 5.41) is 13.8. The van der Waals surface area contributed by atoms with Crippen molar-refractivity contribution in [3.8, 4) is 11.8 Å². The average Bonchev–Trinajstić information content (AvgIpc) is 3.60. The Balaban J connectivity index is 1.49. The van der Waals surface area contributed by atoms with Crippen LogP contribution < -0.4 is 4.90 Å². The van der Waals surface area contributed by atoms with Crippen LogP contribution in [-0.2, 0) is 0 Å². The largest absolute Gasteiger partial charge is 0.456 e. The second-order valence-electron chi connectivity index (χ2n) is 9.59. The van der Waals surface area contributed by atoms with Crippen LogP contribution >= 0.6 is 0 Å². The third-order valence-electron chi connectivity index (χ3n) is 7.56. The third kappa shape index (κ3) is 2.79. The smallest absolute Gasteiger partial charge is 0.266 e. The van der Waals surface area contributed by atoms with Gasteiger partial charge in [-0.15, -0.1) is 0 Å². The predicted octanol–water partition coefficient (Wildman–Crippen LogP) is 7.36. The molecule has 1 aliphatic heterocycles. The summed E-state index contributed by atoms with van der Waals surface area (Å²) >= 11 is 0. The second kappa shape index (κ2) is 7.67. The monoisotopic (exact) mass is 503 g/mol. The minimum atomic E-state index is -0.407. The van der Waals surface area contributed by atoms with Crippen molar-refractivity contribution in [1.29, 1.82) is 5.26 Å². The van der Waals surface area contributed by atoms with Crippen molar-refractivity contribution in [2.45, 2.75) is 0 Å². The Labute approximate surface area is 221 Å². The number of para-hydroxylation sites is 2. The molecule has 182 valence electrons. The van der Waals surface area contributed by atoms with Crippen LogP contribution in [0, 0.1) is 11.3 Å². The van der Waals surface area contributed by atoms with Crippen LogP contribution in [0.3, 0.4) is 0 Å². The fourth-order valence-corrected chi connectivity index (χ4v) is 5.90. The zero-order valence-electron chi connectivity index (χ0n) is 20.4. The molecule has 8 rings (SSSR count). The Morgan fingerprint density at radius 3 is 2.08 bits per heavy atom. The van der Waals surface area contributed by atoms with Crippen molar-refractivity contribution in [2.24, 2.45) is 0 Å². The first-order valence-electron chi connectivity index (χ1n) is 12.5. The summed E-state index contributed by atoms with van der Waals surface area (Å²) < 4.78 is 8.24. The summed E-state index contributed by atoms with van der Waals surface area (Å²) in [5.74, 6) is -0.813. The molecule has 0 bridgehead atoms. The lowest BCUT2D eigenvalue weighted by molar-refractivity contribution is 0.0926. The molecule has 0 saturated carbocycles. The molecule has 1 aliphatic rings. The number of carbonyl (C=O) groups is 2. The van der Waals surface area contributed by atoms with Crippen LogP contribution in [0.1, 0.15) is 26.3 Å². The molecule has 0 fully saturated rings. The Morgan fingerprint density at radius 2 is 1.31 bits per heavy atom. The molecule has 0 aliphatic carbocycles. The molecule has 6 nitrogen and oxygen atoms in total. The summed E-state index contributed by atoms with van der Waals surface area (Å²) in [7, 11) is 0. The molecule has 0 atom stereocenters. The average molecular weight is 504 g/mol. The first kappa shape index (κ1) is 21.4. The van der Waals surface area contributed by atoms with Gasteiger partial charge in [0.05, 0.1) is 45.2 Å². The summed E-state index contributed by atoms with van der Waals surface area (Å²) in [4.78, 5) is 28.3. The van der Waals surface area contributed by atoms with Crippen LogP contribution in [0.15, 0.2) is 108 Å². The number of amides is 2. The fraction of sp³-hybridized carbons (Fsp3) is 0. The molecular weight excluding hydrogens is 486 g/mol. The maximum absolute atomic E-state index is 13.5. The van der Waals surface area contributed by atoms with Gasteiger partial charge in [-0.2, -0.15) is 5.26 Å². The number of furan rings is 1. The van der Waals surface area contributed by atoms with E-state index in [2.05, 4.69) is 22.8 Å². The topological polar surface area (TPSA) is 79.2 Å². The molecule has 6 heteroatoms. The number of nitrogens with zero attached hydrogens (tertiary/aromatic N) is 3. The standard InChI is InChI=1S/C33H17N3O3/c34-18-19-13-14-25(27(17-19)36-32(37)20-7-1-2-8-21(20)33(36)38)35-24-11-5-3-9-22(24)30-26(35)15-16-29-31(30)23-10-4-6-12-28(23)39-29/h1-17H. The molecule has 0 N–H and O–H groups in total. The normalized spacial score (nSPS) is 13.2. The van der Waals surface area contributed by atoms with Crippen LogP contribution in [0.5, 0.6) is 0 Å². The van der Waals surface area contributed by atoms with E-state index in [0.29, 0.717) is 28.1 Å². The Bertz CT molecular complexity index is 2210. The highest BCUT2D eigenvalue weighted by Gasteiger charge is 2.38. The maximum Gasteiger partial charge on any atom is 0.266 e. The molecule has 39 heavy (non-hydrogen) atoms. The highest BCUT2D eigenvalue weighted by Crippen LogP contribution is 2.43. The van der Waals surface area contributed by atoms with Crippen LogP contribution in [0.4, 0.5) is 5.69 Å². The minimum absolute atomic E-state index is 0.351. The van der Waals surface area contributed by atoms with Crippen molar-refractivity contribution in [1.82, 2.24) is 4.57 Å². The van der Waals surface area contributed by atoms with E-state index in [4.69, 9.17) is 4.42 Å². The summed E-state index contributed by atoms with van der Waals surface area (Å²) in [5.41, 5.74) is 5.45. The fourth-order valence-electron chi connectivity index (χ4n) is 5.90. The highest BCUT2D eigenvalue weighted by molar-refractivity contribution is 6.35. The lowest BCUT2D eigenvalue weighted by Gasteiger charge is -2.20. The molecule has 2 amide bonds. The van der Waals surface area contributed by atoms with E-state index >= 15 is 0 Å². The SMILES string of the molecule is N#Cc1ccc(-n2c3ccccc3c3c4c(ccc32)oc2ccccc24)c(N2C(=O)c3ccccc3C2=O)c1. The molecule has 0 saturated heterocycles. The van der Waals surface area contributed by atoms with E-state index in [9.17, 15) is 14.9 Å². The van der Waals surface area contributed by atoms with Crippen LogP contribution in [0.25, 0.3) is 49.4 Å². The minimum Gasteiger partial charge on any atom is -0.456 e. The van der Waals surface area contributed by atoms with Gasteiger partial charge in [0.25, 0.3) is 11.8 Å². The number of rotatable bonds is 2. The summed E-state index contributed by atoms with van der Waals surface area (Å²) in [6.45, 7) is 0. The van der Waals surface area contributed by atoms with Crippen molar-refractivity contribution in [2.75, 3.05) is 4.90 Å². The molecule has 0 unspecified atom stereocenters. The molecule has 7 aromatic rings. The number of hydrogen-bond donors (Lipinski definition) is 0. The lowest BCUT2D eigenvalue weighted by Crippen LogP contribution is -2.30. The number of fused-ring (bicyclic) bond motifs is 8. The summed E-state index contributed by atoms with van der Waals surface area (Å²) in [6.07, 6.45) is 0. The molecule has 5 aromatic carbocycles. The molecule has 3 heterocycles. The van der Waals surface area contributed by atoms with Gasteiger partial charge in [-0.05, 0) is 54.6 Å². The van der Waals surface area contributed by atoms with Crippen LogP contribution in [-0.4, -0.2) is 16.4 Å². The van der Waals surface area contributed by atoms with Gasteiger partial charge in [0.2, 0.25) is 0 Å². The van der Waals surface area contributed by atoms with Gasteiger partial charge in [0.15, 0.2) is 0 Å². The first-order chi connectivity index (χ1) is 19.2. The van der Waals surface area contributed by atoms with E-state index in [-0.39, 0.29) is 0 Å². The number of aromatic nitrogens is 1. The number of nitriles is 1. The summed E-state index contributed by atoms with van der Waals surface area (Å²) in [6, 6.07) is 34.1. The van der Waals surface area contributed by atoms with Gasteiger partial charge in [-0.3, -0.25) is 9.59 Å². The van der Waals surface area contributed by atoms with Gasteiger partial charge >= 0.3 is 0 Å². The number of anilines is 1. The number of benzene rings is 5. The Morgan fingerprint density at radius 1 is 0.615 bits per heavy atom. The van der Waals surface area contributed by atoms with Crippen molar-refractivity contribution >= 4 is 61.2 Å². The van der Waals surface area contributed by atoms with Gasteiger partial charge in [0.1, 0.15) is 11.2 Å². The van der Waals surface area contributed by atoms with Gasteiger partial charge in [-0.1, -0.05) is 48.5 Å². The van der Waals surface area contributed by atoms with Crippen molar-refractivity contribution < 1.29 is 14.0 Å². The maximum atomic E-state index is 13.5. The zero-order chi connectivity index (χ0) is 26.2. The van der Waals surface area contributed by atoms with E-state index in [1.165, 1.54) is 4.90 Å². The molecule has 0 spiro atoms. The molecule has 2 aromatic heterocycles. The van der Waals surface area contributed by atoms with E-state index in [0.717, 1.165) is 43.7 Å². The quantitative estimate of drug-likeness (QED) is 0.231. The number of imide groups is 1. The van der Waals surface area contributed by atoms with Crippen molar-refractivity contribution in [3.63, 3.8) is 0 Å². The first-order valence-corrected chi connectivity index (χ1v) is 12.5. The second-order valence-corrected chi connectivity index (χ2v) is 9.59. The van der Waals surface area contributed by atoms with E-state index < -0.39 is 11.8 Å². The van der Waals surface area contributed by atoms with Gasteiger partial charge in [0, 0.05) is 21.5 Å². The zero-order valence-corrected chi connectivity index (χ0v) is 20.4. The van der Waals surface area contributed by atoms with Gasteiger partial charge < -0.3 is 8.98 Å².